The van der Waals surface area contributed by atoms with Crippen LogP contribution in [0.1, 0.15) is 85.8 Å². The van der Waals surface area contributed by atoms with Crippen LogP contribution in [-0.2, 0) is 4.74 Å². The molecule has 9 heteroatoms. The first-order valence-corrected chi connectivity index (χ1v) is 13.2. The van der Waals surface area contributed by atoms with Gasteiger partial charge in [-0.3, -0.25) is 15.1 Å². The Labute approximate surface area is 216 Å². The molecule has 1 aliphatic carbocycles. The van der Waals surface area contributed by atoms with Gasteiger partial charge < -0.3 is 15.0 Å². The predicted molar refractivity (Wildman–Crippen MR) is 143 cm³/mol. The highest BCUT2D eigenvalue weighted by atomic mass is 16.6. The van der Waals surface area contributed by atoms with Crippen molar-refractivity contribution in [2.24, 2.45) is 22.7 Å². The van der Waals surface area contributed by atoms with Gasteiger partial charge in [-0.1, -0.05) is 48.0 Å². The second-order valence-corrected chi connectivity index (χ2v) is 12.2. The molecule has 1 aromatic rings. The standard InChI is InChI=1S/C27H47N5O4/c1-9-20(12-18(2)3)10-11-36-25(35)32(8)21-14-26(5,6)16-27(7,15-21)17-28-24(34)31-23-29-19(4)13-22(33)30-23/h13,18,20-21H,9-12,14-17H2,1-8H3,(H3,28,29,30,31,33,34). The maximum absolute atomic E-state index is 12.9. The van der Waals surface area contributed by atoms with Crippen molar-refractivity contribution in [2.45, 2.75) is 93.0 Å². The molecule has 0 aromatic carbocycles. The summed E-state index contributed by atoms with van der Waals surface area (Å²) in [6.07, 6.45) is 5.40. The van der Waals surface area contributed by atoms with Gasteiger partial charge in [0.15, 0.2) is 0 Å². The highest BCUT2D eigenvalue weighted by Crippen LogP contribution is 2.47. The molecule has 204 valence electrons. The molecule has 9 nitrogen and oxygen atoms in total. The molecular formula is C27H47N5O4. The lowest BCUT2D eigenvalue weighted by Crippen LogP contribution is -2.51. The van der Waals surface area contributed by atoms with E-state index < -0.39 is 6.03 Å². The normalized spacial score (nSPS) is 22.1. The number of ether oxygens (including phenoxy) is 1. The summed E-state index contributed by atoms with van der Waals surface area (Å²) in [4.78, 5) is 45.4. The van der Waals surface area contributed by atoms with Gasteiger partial charge >= 0.3 is 12.1 Å². The molecule has 3 amide bonds. The van der Waals surface area contributed by atoms with Crippen molar-refractivity contribution in [3.05, 3.63) is 22.1 Å². The zero-order chi connectivity index (χ0) is 27.1. The first-order chi connectivity index (χ1) is 16.7. The monoisotopic (exact) mass is 505 g/mol. The zero-order valence-corrected chi connectivity index (χ0v) is 23.5. The van der Waals surface area contributed by atoms with Crippen LogP contribution in [0, 0.1) is 29.6 Å². The fourth-order valence-electron chi connectivity index (χ4n) is 5.79. The molecule has 0 radical (unpaired) electrons. The van der Waals surface area contributed by atoms with Gasteiger partial charge in [-0.05, 0) is 61.7 Å². The van der Waals surface area contributed by atoms with Crippen LogP contribution in [0.15, 0.2) is 10.9 Å². The number of nitrogens with zero attached hydrogens (tertiary/aromatic N) is 2. The maximum atomic E-state index is 12.9. The number of carbonyl (C=O) groups is 2. The zero-order valence-electron chi connectivity index (χ0n) is 23.5. The van der Waals surface area contributed by atoms with Gasteiger partial charge in [-0.25, -0.2) is 14.6 Å². The smallest absolute Gasteiger partial charge is 0.409 e. The summed E-state index contributed by atoms with van der Waals surface area (Å²) in [5.41, 5.74) is -0.00572. The molecular weight excluding hydrogens is 458 g/mol. The molecule has 0 spiro atoms. The molecule has 3 unspecified atom stereocenters. The number of hydrogen-bond donors (Lipinski definition) is 3. The van der Waals surface area contributed by atoms with E-state index in [1.54, 1.807) is 11.8 Å². The number of anilines is 1. The van der Waals surface area contributed by atoms with Gasteiger partial charge in [0.05, 0.1) is 6.61 Å². The minimum absolute atomic E-state index is 0.00172. The van der Waals surface area contributed by atoms with Crippen molar-refractivity contribution in [1.82, 2.24) is 20.2 Å². The Bertz CT molecular complexity index is 944. The number of nitrogens with one attached hydrogen (secondary N) is 3. The Balaban J connectivity index is 1.94. The molecule has 3 atom stereocenters. The summed E-state index contributed by atoms with van der Waals surface area (Å²) in [5, 5.41) is 5.53. The van der Waals surface area contributed by atoms with E-state index >= 15 is 0 Å². The minimum Gasteiger partial charge on any atom is -0.449 e. The Morgan fingerprint density at radius 2 is 1.97 bits per heavy atom. The van der Waals surface area contributed by atoms with Crippen LogP contribution in [0.2, 0.25) is 0 Å². The van der Waals surface area contributed by atoms with Crippen LogP contribution >= 0.6 is 0 Å². The molecule has 2 rings (SSSR count). The summed E-state index contributed by atoms with van der Waals surface area (Å²) >= 11 is 0. The first kappa shape index (κ1) is 29.6. The molecule has 1 aromatic heterocycles. The largest absolute Gasteiger partial charge is 0.449 e. The molecule has 3 N–H and O–H groups in total. The average molecular weight is 506 g/mol. The third kappa shape index (κ3) is 9.47. The number of amides is 3. The molecule has 1 heterocycles. The molecule has 1 saturated carbocycles. The lowest BCUT2D eigenvalue weighted by Gasteiger charge is -2.48. The first-order valence-electron chi connectivity index (χ1n) is 13.2. The molecule has 1 fully saturated rings. The average Bonchev–Trinajstić information content (AvgIpc) is 2.74. The van der Waals surface area contributed by atoms with E-state index in [0.29, 0.717) is 30.7 Å². The Morgan fingerprint density at radius 1 is 1.28 bits per heavy atom. The molecule has 1 aliphatic rings. The number of urea groups is 1. The second kappa shape index (κ2) is 12.6. The highest BCUT2D eigenvalue weighted by Gasteiger charge is 2.43. The van der Waals surface area contributed by atoms with E-state index in [4.69, 9.17) is 4.74 Å². The fourth-order valence-corrected chi connectivity index (χ4v) is 5.79. The Morgan fingerprint density at radius 3 is 2.58 bits per heavy atom. The number of rotatable bonds is 10. The van der Waals surface area contributed by atoms with Gasteiger partial charge in [-0.15, -0.1) is 0 Å². The summed E-state index contributed by atoms with van der Waals surface area (Å²) in [6, 6.07) is 0.956. The van der Waals surface area contributed by atoms with Crippen molar-refractivity contribution in [2.75, 3.05) is 25.5 Å². The van der Waals surface area contributed by atoms with Crippen LogP contribution in [0.4, 0.5) is 15.5 Å². The topological polar surface area (TPSA) is 116 Å². The summed E-state index contributed by atoms with van der Waals surface area (Å²) in [6.45, 7) is 15.8. The van der Waals surface area contributed by atoms with Crippen LogP contribution in [0.5, 0.6) is 0 Å². The number of H-pyrrole nitrogens is 1. The number of aromatic nitrogens is 2. The van der Waals surface area contributed by atoms with Crippen LogP contribution in [-0.4, -0.2) is 53.2 Å². The van der Waals surface area contributed by atoms with Gasteiger partial charge in [-0.2, -0.15) is 0 Å². The van der Waals surface area contributed by atoms with E-state index in [0.717, 1.165) is 38.5 Å². The quantitative estimate of drug-likeness (QED) is 0.398. The Kier molecular flexibility index (Phi) is 10.4. The SMILES string of the molecule is CCC(CCOC(=O)N(C)C1CC(C)(C)CC(C)(CNC(=O)Nc2nc(C)cc(=O)[nH]2)C1)CC(C)C. The number of aryl methyl sites for hydroxylation is 1. The summed E-state index contributed by atoms with van der Waals surface area (Å²) in [7, 11) is 1.82. The number of carbonyl (C=O) groups excluding carboxylic acids is 2. The fraction of sp³-hybridized carbons (Fsp3) is 0.778. The Hall–Kier alpha value is -2.58. The lowest BCUT2D eigenvalue weighted by atomic mass is 9.62. The van der Waals surface area contributed by atoms with Gasteiger partial charge in [0, 0.05) is 31.4 Å². The number of aromatic amines is 1. The van der Waals surface area contributed by atoms with Gasteiger partial charge in [0.25, 0.3) is 5.56 Å². The molecule has 36 heavy (non-hydrogen) atoms. The van der Waals surface area contributed by atoms with Crippen molar-refractivity contribution in [3.63, 3.8) is 0 Å². The molecule has 0 saturated heterocycles. The molecule has 0 bridgehead atoms. The van der Waals surface area contributed by atoms with Crippen molar-refractivity contribution in [3.8, 4) is 0 Å². The predicted octanol–water partition coefficient (Wildman–Crippen LogP) is 5.32. The lowest BCUT2D eigenvalue weighted by molar-refractivity contribution is 0.0196. The van der Waals surface area contributed by atoms with Gasteiger partial charge in [0.1, 0.15) is 0 Å². The van der Waals surface area contributed by atoms with E-state index in [1.807, 2.05) is 7.05 Å². The highest BCUT2D eigenvalue weighted by molar-refractivity contribution is 5.87. The maximum Gasteiger partial charge on any atom is 0.409 e. The van der Waals surface area contributed by atoms with Crippen LogP contribution in [0.3, 0.4) is 0 Å². The molecule has 0 aliphatic heterocycles. The second-order valence-electron chi connectivity index (χ2n) is 12.2. The van der Waals surface area contributed by atoms with E-state index in [-0.39, 0.29) is 34.5 Å². The van der Waals surface area contributed by atoms with Gasteiger partial charge in [0.2, 0.25) is 5.95 Å². The van der Waals surface area contributed by atoms with Crippen molar-refractivity contribution in [1.29, 1.82) is 0 Å². The minimum atomic E-state index is -0.426. The number of hydrogen-bond acceptors (Lipinski definition) is 5. The van der Waals surface area contributed by atoms with Crippen LogP contribution < -0.4 is 16.2 Å². The van der Waals surface area contributed by atoms with E-state index in [9.17, 15) is 14.4 Å². The summed E-state index contributed by atoms with van der Waals surface area (Å²) < 4.78 is 5.66. The van der Waals surface area contributed by atoms with E-state index in [2.05, 4.69) is 62.1 Å². The van der Waals surface area contributed by atoms with E-state index in [1.165, 1.54) is 6.07 Å². The van der Waals surface area contributed by atoms with Crippen LogP contribution in [0.25, 0.3) is 0 Å². The third-order valence-electron chi connectivity index (χ3n) is 7.17. The summed E-state index contributed by atoms with van der Waals surface area (Å²) in [5.74, 6) is 1.33. The van der Waals surface area contributed by atoms with Crippen molar-refractivity contribution >= 4 is 18.1 Å². The third-order valence-corrected chi connectivity index (χ3v) is 7.17. The van der Waals surface area contributed by atoms with Crippen molar-refractivity contribution < 1.29 is 14.3 Å².